The van der Waals surface area contributed by atoms with Gasteiger partial charge in [-0.15, -0.1) is 11.8 Å². The molecule has 0 saturated carbocycles. The van der Waals surface area contributed by atoms with Crippen molar-refractivity contribution in [2.75, 3.05) is 18.8 Å². The van der Waals surface area contributed by atoms with Crippen molar-refractivity contribution in [3.05, 3.63) is 30.3 Å². The number of hydrogen-bond acceptors (Lipinski definition) is 2. The highest BCUT2D eigenvalue weighted by Crippen LogP contribution is 2.17. The zero-order chi connectivity index (χ0) is 13.2. The lowest BCUT2D eigenvalue weighted by atomic mass is 10.2. The van der Waals surface area contributed by atoms with Crippen LogP contribution in [-0.4, -0.2) is 29.8 Å². The molecule has 1 aromatic carbocycles. The van der Waals surface area contributed by atoms with E-state index in [0.717, 1.165) is 0 Å². The number of nitrogens with zero attached hydrogens (tertiary/aromatic N) is 1. The van der Waals surface area contributed by atoms with E-state index < -0.39 is 0 Å². The lowest BCUT2D eigenvalue weighted by molar-refractivity contribution is 0.231. The third-order valence-electron chi connectivity index (χ3n) is 3.17. The second kappa shape index (κ2) is 9.46. The Morgan fingerprint density at radius 1 is 1.06 bits per heavy atom. The van der Waals surface area contributed by atoms with Gasteiger partial charge in [0.15, 0.2) is 0 Å². The fraction of sp³-hybridized carbons (Fsp3) is 0.625. The Labute approximate surface area is 117 Å². The first-order valence-corrected chi connectivity index (χ1v) is 8.14. The minimum absolute atomic E-state index is 0.665. The molecule has 102 valence electrons. The van der Waals surface area contributed by atoms with Crippen LogP contribution in [-0.2, 0) is 0 Å². The summed E-state index contributed by atoms with van der Waals surface area (Å²) in [7, 11) is 0. The van der Waals surface area contributed by atoms with Gasteiger partial charge in [0.05, 0.1) is 0 Å². The van der Waals surface area contributed by atoms with Crippen molar-refractivity contribution < 1.29 is 0 Å². The zero-order valence-corrected chi connectivity index (χ0v) is 12.9. The van der Waals surface area contributed by atoms with Gasteiger partial charge in [0.25, 0.3) is 0 Å². The average molecular weight is 265 g/mol. The molecule has 0 aliphatic rings. The average Bonchev–Trinajstić information content (AvgIpc) is 2.38. The van der Waals surface area contributed by atoms with E-state index in [9.17, 15) is 0 Å². The summed E-state index contributed by atoms with van der Waals surface area (Å²) in [6, 6.07) is 11.4. The summed E-state index contributed by atoms with van der Waals surface area (Å²) >= 11 is 1.96. The van der Waals surface area contributed by atoms with Gasteiger partial charge < -0.3 is 4.90 Å². The van der Waals surface area contributed by atoms with Crippen molar-refractivity contribution in [2.24, 2.45) is 0 Å². The second-order valence-corrected chi connectivity index (χ2v) is 6.17. The molecule has 0 saturated heterocycles. The fourth-order valence-electron chi connectivity index (χ4n) is 1.99. The summed E-state index contributed by atoms with van der Waals surface area (Å²) in [6.07, 6.45) is 4.00. The largest absolute Gasteiger partial charge is 0.300 e. The molecule has 0 heterocycles. The fourth-order valence-corrected chi connectivity index (χ4v) is 2.90. The zero-order valence-electron chi connectivity index (χ0n) is 12.1. The van der Waals surface area contributed by atoms with Crippen molar-refractivity contribution in [3.63, 3.8) is 0 Å². The maximum absolute atomic E-state index is 2.60. The van der Waals surface area contributed by atoms with Crippen LogP contribution in [0, 0.1) is 0 Å². The summed E-state index contributed by atoms with van der Waals surface area (Å²) in [5.74, 6) is 1.19. The van der Waals surface area contributed by atoms with Crippen LogP contribution in [0.25, 0.3) is 0 Å². The third-order valence-corrected chi connectivity index (χ3v) is 4.16. The van der Waals surface area contributed by atoms with Gasteiger partial charge in [0.1, 0.15) is 0 Å². The highest BCUT2D eigenvalue weighted by Gasteiger charge is 2.08. The van der Waals surface area contributed by atoms with Gasteiger partial charge in [-0.2, -0.15) is 0 Å². The van der Waals surface area contributed by atoms with Crippen molar-refractivity contribution >= 4 is 11.8 Å². The van der Waals surface area contributed by atoms with Crippen molar-refractivity contribution in [1.82, 2.24) is 4.90 Å². The molecular formula is C16H27NS. The van der Waals surface area contributed by atoms with Crippen LogP contribution < -0.4 is 0 Å². The number of benzene rings is 1. The van der Waals surface area contributed by atoms with E-state index in [1.807, 2.05) is 11.8 Å². The Kier molecular flexibility index (Phi) is 8.19. The standard InChI is InChI=1S/C16H27NS/c1-4-5-9-12-17(15(2)3)13-14-18-16-10-7-6-8-11-16/h6-8,10-11,15H,4-5,9,12-14H2,1-3H3. The summed E-state index contributed by atoms with van der Waals surface area (Å²) in [5.41, 5.74) is 0. The normalized spacial score (nSPS) is 11.4. The monoisotopic (exact) mass is 265 g/mol. The molecule has 0 unspecified atom stereocenters. The number of rotatable bonds is 9. The molecule has 0 bridgehead atoms. The SMILES string of the molecule is CCCCCN(CCSc1ccccc1)C(C)C. The van der Waals surface area contributed by atoms with Crippen LogP contribution in [0.1, 0.15) is 40.0 Å². The van der Waals surface area contributed by atoms with E-state index in [0.29, 0.717) is 6.04 Å². The molecule has 1 aromatic rings. The van der Waals surface area contributed by atoms with Crippen LogP contribution in [0.4, 0.5) is 0 Å². The molecule has 0 aliphatic carbocycles. The molecule has 0 atom stereocenters. The first-order valence-electron chi connectivity index (χ1n) is 7.16. The minimum atomic E-state index is 0.665. The molecule has 1 rings (SSSR count). The van der Waals surface area contributed by atoms with Crippen LogP contribution in [0.15, 0.2) is 35.2 Å². The van der Waals surface area contributed by atoms with E-state index in [4.69, 9.17) is 0 Å². The molecular weight excluding hydrogens is 238 g/mol. The summed E-state index contributed by atoms with van der Waals surface area (Å²) < 4.78 is 0. The molecule has 0 spiro atoms. The smallest absolute Gasteiger partial charge is 0.0108 e. The van der Waals surface area contributed by atoms with E-state index in [2.05, 4.69) is 56.0 Å². The van der Waals surface area contributed by atoms with E-state index in [1.54, 1.807) is 0 Å². The Balaban J connectivity index is 2.25. The van der Waals surface area contributed by atoms with E-state index >= 15 is 0 Å². The van der Waals surface area contributed by atoms with Crippen molar-refractivity contribution in [1.29, 1.82) is 0 Å². The molecule has 0 radical (unpaired) electrons. The third kappa shape index (κ3) is 6.46. The lowest BCUT2D eigenvalue weighted by Crippen LogP contribution is -2.33. The quantitative estimate of drug-likeness (QED) is 0.471. The van der Waals surface area contributed by atoms with Gasteiger partial charge in [-0.05, 0) is 38.9 Å². The lowest BCUT2D eigenvalue weighted by Gasteiger charge is -2.26. The molecule has 0 fully saturated rings. The van der Waals surface area contributed by atoms with Gasteiger partial charge in [0, 0.05) is 23.2 Å². The van der Waals surface area contributed by atoms with Crippen LogP contribution in [0.3, 0.4) is 0 Å². The summed E-state index contributed by atoms with van der Waals surface area (Å²) in [4.78, 5) is 3.99. The van der Waals surface area contributed by atoms with Crippen molar-refractivity contribution in [2.45, 2.75) is 51.0 Å². The molecule has 0 aliphatic heterocycles. The molecule has 2 heteroatoms. The van der Waals surface area contributed by atoms with Crippen molar-refractivity contribution in [3.8, 4) is 0 Å². The molecule has 1 nitrogen and oxygen atoms in total. The summed E-state index contributed by atoms with van der Waals surface area (Å²) in [5, 5.41) is 0. The van der Waals surface area contributed by atoms with Crippen LogP contribution >= 0.6 is 11.8 Å². The molecule has 18 heavy (non-hydrogen) atoms. The van der Waals surface area contributed by atoms with Crippen LogP contribution in [0.5, 0.6) is 0 Å². The molecule has 0 amide bonds. The van der Waals surface area contributed by atoms with Gasteiger partial charge in [0.2, 0.25) is 0 Å². The number of unbranched alkanes of at least 4 members (excludes halogenated alkanes) is 2. The first kappa shape index (κ1) is 15.6. The van der Waals surface area contributed by atoms with Gasteiger partial charge in [-0.1, -0.05) is 38.0 Å². The number of thioether (sulfide) groups is 1. The van der Waals surface area contributed by atoms with E-state index in [-0.39, 0.29) is 0 Å². The highest BCUT2D eigenvalue weighted by molar-refractivity contribution is 7.99. The maximum atomic E-state index is 2.60. The maximum Gasteiger partial charge on any atom is 0.0108 e. The second-order valence-electron chi connectivity index (χ2n) is 5.00. The molecule has 0 aromatic heterocycles. The summed E-state index contributed by atoms with van der Waals surface area (Å²) in [6.45, 7) is 9.32. The Morgan fingerprint density at radius 3 is 2.39 bits per heavy atom. The van der Waals surface area contributed by atoms with E-state index in [1.165, 1.54) is 43.0 Å². The Morgan fingerprint density at radius 2 is 1.78 bits per heavy atom. The molecule has 0 N–H and O–H groups in total. The Bertz CT molecular complexity index is 297. The predicted molar refractivity (Wildman–Crippen MR) is 83.4 cm³/mol. The highest BCUT2D eigenvalue weighted by atomic mass is 32.2. The van der Waals surface area contributed by atoms with Crippen LogP contribution in [0.2, 0.25) is 0 Å². The van der Waals surface area contributed by atoms with Gasteiger partial charge in [-0.25, -0.2) is 0 Å². The number of hydrogen-bond donors (Lipinski definition) is 0. The Hall–Kier alpha value is -0.470. The van der Waals surface area contributed by atoms with Gasteiger partial charge >= 0.3 is 0 Å². The van der Waals surface area contributed by atoms with Gasteiger partial charge in [-0.3, -0.25) is 0 Å². The first-order chi connectivity index (χ1) is 8.74. The predicted octanol–water partition coefficient (Wildman–Crippen LogP) is 4.68. The minimum Gasteiger partial charge on any atom is -0.300 e. The topological polar surface area (TPSA) is 3.24 Å².